The SMILES string of the molecule is Cn1c(=N)c(F)cn(Sc2ccc(CO)cc2)c1=O. The minimum atomic E-state index is -0.762. The van der Waals surface area contributed by atoms with Gasteiger partial charge in [0.15, 0.2) is 11.3 Å². The minimum absolute atomic E-state index is 0.0535. The van der Waals surface area contributed by atoms with E-state index in [2.05, 4.69) is 0 Å². The molecule has 7 heteroatoms. The number of hydrogen-bond donors (Lipinski definition) is 2. The summed E-state index contributed by atoms with van der Waals surface area (Å²) < 4.78 is 15.5. The standard InChI is InChI=1S/C12H12FN3O2S/c1-15-11(14)10(13)6-16(12(15)18)19-9-4-2-8(7-17)3-5-9/h2-6,14,17H,7H2,1H3. The van der Waals surface area contributed by atoms with Gasteiger partial charge in [-0.05, 0) is 29.6 Å². The summed E-state index contributed by atoms with van der Waals surface area (Å²) in [6, 6.07) is 6.91. The van der Waals surface area contributed by atoms with Crippen LogP contribution in [0.5, 0.6) is 0 Å². The molecule has 0 radical (unpaired) electrons. The average molecular weight is 281 g/mol. The van der Waals surface area contributed by atoms with E-state index in [9.17, 15) is 9.18 Å². The van der Waals surface area contributed by atoms with Crippen molar-refractivity contribution in [3.63, 3.8) is 0 Å². The number of nitrogens with one attached hydrogen (secondary N) is 1. The van der Waals surface area contributed by atoms with Crippen LogP contribution in [0.3, 0.4) is 0 Å². The zero-order chi connectivity index (χ0) is 14.0. The summed E-state index contributed by atoms with van der Waals surface area (Å²) in [5.74, 6) is -0.762. The summed E-state index contributed by atoms with van der Waals surface area (Å²) in [5, 5.41) is 16.3. The molecule has 2 N–H and O–H groups in total. The van der Waals surface area contributed by atoms with Gasteiger partial charge in [-0.1, -0.05) is 12.1 Å². The summed E-state index contributed by atoms with van der Waals surface area (Å²) in [5.41, 5.74) is -0.171. The van der Waals surface area contributed by atoms with Gasteiger partial charge in [-0.25, -0.2) is 13.2 Å². The molecule has 1 heterocycles. The normalized spacial score (nSPS) is 10.7. The molecular formula is C12H12FN3O2S. The molecule has 19 heavy (non-hydrogen) atoms. The zero-order valence-corrected chi connectivity index (χ0v) is 10.9. The van der Waals surface area contributed by atoms with Crippen LogP contribution in [0, 0.1) is 11.2 Å². The number of nitrogens with zero attached hydrogens (tertiary/aromatic N) is 2. The number of benzene rings is 1. The number of hydrogen-bond acceptors (Lipinski definition) is 4. The van der Waals surface area contributed by atoms with Gasteiger partial charge in [-0.2, -0.15) is 0 Å². The minimum Gasteiger partial charge on any atom is -0.392 e. The Balaban J connectivity index is 2.38. The fraction of sp³-hybridized carbons (Fsp3) is 0.167. The molecule has 0 unspecified atom stereocenters. The Morgan fingerprint density at radius 2 is 2.00 bits per heavy atom. The predicted molar refractivity (Wildman–Crippen MR) is 69.1 cm³/mol. The maximum absolute atomic E-state index is 13.4. The first-order valence-corrected chi connectivity index (χ1v) is 6.21. The fourth-order valence-electron chi connectivity index (χ4n) is 1.46. The molecule has 0 fully saturated rings. The first-order chi connectivity index (χ1) is 9.02. The van der Waals surface area contributed by atoms with Crippen molar-refractivity contribution in [2.24, 2.45) is 7.05 Å². The van der Waals surface area contributed by atoms with Crippen molar-refractivity contribution < 1.29 is 9.50 Å². The molecule has 0 aliphatic rings. The van der Waals surface area contributed by atoms with Crippen LogP contribution in [0.15, 0.2) is 40.2 Å². The second-order valence-electron chi connectivity index (χ2n) is 3.89. The maximum atomic E-state index is 13.4. The second kappa shape index (κ2) is 5.41. The van der Waals surface area contributed by atoms with Crippen LogP contribution >= 0.6 is 11.9 Å². The Kier molecular flexibility index (Phi) is 3.87. The van der Waals surface area contributed by atoms with Crippen molar-refractivity contribution in [2.75, 3.05) is 0 Å². The van der Waals surface area contributed by atoms with Crippen LogP contribution < -0.4 is 11.2 Å². The lowest BCUT2D eigenvalue weighted by Gasteiger charge is -2.07. The van der Waals surface area contributed by atoms with E-state index in [4.69, 9.17) is 10.5 Å². The van der Waals surface area contributed by atoms with Gasteiger partial charge in [0.05, 0.1) is 12.8 Å². The van der Waals surface area contributed by atoms with Crippen molar-refractivity contribution in [3.05, 3.63) is 57.8 Å². The maximum Gasteiger partial charge on any atom is 0.340 e. The van der Waals surface area contributed by atoms with E-state index in [1.807, 2.05) is 0 Å². The number of aliphatic hydroxyl groups excluding tert-OH is 1. The van der Waals surface area contributed by atoms with Crippen molar-refractivity contribution in [2.45, 2.75) is 11.5 Å². The van der Waals surface area contributed by atoms with Crippen LogP contribution in [0.1, 0.15) is 5.56 Å². The lowest BCUT2D eigenvalue weighted by molar-refractivity contribution is 0.282. The highest BCUT2D eigenvalue weighted by Gasteiger charge is 2.07. The van der Waals surface area contributed by atoms with Crippen molar-refractivity contribution >= 4 is 11.9 Å². The Bertz CT molecular complexity index is 706. The van der Waals surface area contributed by atoms with E-state index in [0.717, 1.165) is 37.1 Å². The van der Waals surface area contributed by atoms with Gasteiger partial charge >= 0.3 is 5.69 Å². The number of aromatic nitrogens is 2. The van der Waals surface area contributed by atoms with Crippen LogP contribution in [0.4, 0.5) is 4.39 Å². The van der Waals surface area contributed by atoms with Gasteiger partial charge in [0.25, 0.3) is 0 Å². The molecule has 0 aliphatic carbocycles. The van der Waals surface area contributed by atoms with Crippen LogP contribution in [-0.4, -0.2) is 13.6 Å². The van der Waals surface area contributed by atoms with E-state index in [1.54, 1.807) is 24.3 Å². The topological polar surface area (TPSA) is 71.0 Å². The van der Waals surface area contributed by atoms with E-state index in [-0.39, 0.29) is 6.61 Å². The molecule has 2 aromatic rings. The largest absolute Gasteiger partial charge is 0.392 e. The highest BCUT2D eigenvalue weighted by molar-refractivity contribution is 7.97. The van der Waals surface area contributed by atoms with E-state index < -0.39 is 17.0 Å². The third-order valence-corrected chi connectivity index (χ3v) is 3.52. The van der Waals surface area contributed by atoms with E-state index >= 15 is 0 Å². The lowest BCUT2D eigenvalue weighted by atomic mass is 10.2. The molecule has 0 saturated carbocycles. The first-order valence-electron chi connectivity index (χ1n) is 5.44. The Morgan fingerprint density at radius 1 is 1.37 bits per heavy atom. The van der Waals surface area contributed by atoms with Crippen molar-refractivity contribution in [3.8, 4) is 0 Å². The van der Waals surface area contributed by atoms with Gasteiger partial charge < -0.3 is 5.11 Å². The van der Waals surface area contributed by atoms with Crippen LogP contribution in [0.25, 0.3) is 0 Å². The molecule has 0 bridgehead atoms. The predicted octanol–water partition coefficient (Wildman–Crippen LogP) is 0.853. The molecule has 0 saturated heterocycles. The average Bonchev–Trinajstić information content (AvgIpc) is 2.43. The lowest BCUT2D eigenvalue weighted by Crippen LogP contribution is -2.37. The molecule has 1 aromatic carbocycles. The summed E-state index contributed by atoms with van der Waals surface area (Å²) in [7, 11) is 1.35. The van der Waals surface area contributed by atoms with Gasteiger partial charge in [-0.3, -0.25) is 9.98 Å². The number of rotatable bonds is 3. The molecular weight excluding hydrogens is 269 g/mol. The molecule has 0 aliphatic heterocycles. The third-order valence-electron chi connectivity index (χ3n) is 2.58. The molecule has 100 valence electrons. The van der Waals surface area contributed by atoms with Crippen LogP contribution in [0.2, 0.25) is 0 Å². The second-order valence-corrected chi connectivity index (χ2v) is 4.93. The van der Waals surface area contributed by atoms with Crippen LogP contribution in [-0.2, 0) is 13.7 Å². The monoisotopic (exact) mass is 281 g/mol. The summed E-state index contributed by atoms with van der Waals surface area (Å²) in [6.07, 6.45) is 0.995. The fourth-order valence-corrected chi connectivity index (χ4v) is 2.29. The first kappa shape index (κ1) is 13.6. The molecule has 0 amide bonds. The van der Waals surface area contributed by atoms with E-state index in [0.29, 0.717) is 0 Å². The highest BCUT2D eigenvalue weighted by Crippen LogP contribution is 2.18. The Hall–Kier alpha value is -1.86. The number of halogens is 1. The molecule has 0 spiro atoms. The molecule has 0 atom stereocenters. The number of aliphatic hydroxyl groups is 1. The highest BCUT2D eigenvalue weighted by atomic mass is 32.2. The smallest absolute Gasteiger partial charge is 0.340 e. The van der Waals surface area contributed by atoms with E-state index in [1.165, 1.54) is 7.05 Å². The van der Waals surface area contributed by atoms with Crippen molar-refractivity contribution in [1.29, 1.82) is 5.41 Å². The third kappa shape index (κ3) is 2.77. The molecule has 2 rings (SSSR count). The van der Waals surface area contributed by atoms with Gasteiger partial charge in [0, 0.05) is 11.9 Å². The van der Waals surface area contributed by atoms with Gasteiger partial charge in [-0.15, -0.1) is 0 Å². The summed E-state index contributed by atoms with van der Waals surface area (Å²) in [4.78, 5) is 12.6. The molecule has 5 nitrogen and oxygen atoms in total. The zero-order valence-electron chi connectivity index (χ0n) is 10.1. The quantitative estimate of drug-likeness (QED) is 0.876. The van der Waals surface area contributed by atoms with Gasteiger partial charge in [0.1, 0.15) is 0 Å². The van der Waals surface area contributed by atoms with Crippen molar-refractivity contribution in [1.82, 2.24) is 8.54 Å². The Morgan fingerprint density at radius 3 is 2.58 bits per heavy atom. The Labute approximate surface area is 112 Å². The summed E-state index contributed by atoms with van der Waals surface area (Å²) >= 11 is 1.05. The molecule has 1 aromatic heterocycles. The van der Waals surface area contributed by atoms with Gasteiger partial charge in [0.2, 0.25) is 0 Å². The summed E-state index contributed by atoms with van der Waals surface area (Å²) in [6.45, 7) is -0.0535.